The molecule has 0 aliphatic heterocycles. The zero-order chi connectivity index (χ0) is 22.4. The summed E-state index contributed by atoms with van der Waals surface area (Å²) in [6.45, 7) is 12.1. The van der Waals surface area contributed by atoms with E-state index in [9.17, 15) is 4.79 Å². The van der Waals surface area contributed by atoms with Crippen molar-refractivity contribution in [3.63, 3.8) is 0 Å². The number of allylic oxidation sites excluding steroid dienone is 2. The van der Waals surface area contributed by atoms with Crippen molar-refractivity contribution in [2.45, 2.75) is 33.7 Å². The monoisotopic (exact) mass is 408 g/mol. The fourth-order valence-corrected chi connectivity index (χ4v) is 3.11. The largest absolute Gasteiger partial charge is 0.383 e. The molecule has 2 aromatic rings. The van der Waals surface area contributed by atoms with Crippen molar-refractivity contribution in [2.75, 3.05) is 31.4 Å². The summed E-state index contributed by atoms with van der Waals surface area (Å²) in [5.74, 6) is 0.669. The maximum atomic E-state index is 12.8. The number of aromatic nitrogens is 2. The molecule has 2 aromatic heterocycles. The molecule has 3 N–H and O–H groups in total. The average molecular weight is 409 g/mol. The van der Waals surface area contributed by atoms with Gasteiger partial charge in [-0.1, -0.05) is 12.7 Å². The molecular formula is C23H32N6O. The van der Waals surface area contributed by atoms with E-state index in [1.807, 2.05) is 51.1 Å². The molecule has 0 spiro atoms. The number of hydrogen-bond donors (Lipinski definition) is 3. The third-order valence-corrected chi connectivity index (χ3v) is 4.63. The van der Waals surface area contributed by atoms with Gasteiger partial charge in [0, 0.05) is 50.8 Å². The molecule has 0 saturated carbocycles. The first kappa shape index (κ1) is 22.9. The summed E-state index contributed by atoms with van der Waals surface area (Å²) in [4.78, 5) is 26.2. The zero-order valence-corrected chi connectivity index (χ0v) is 18.9. The molecule has 7 heteroatoms. The van der Waals surface area contributed by atoms with Crippen molar-refractivity contribution < 1.29 is 0 Å². The fraction of sp³-hybridized carbons (Fsp3) is 0.348. The molecule has 7 nitrogen and oxygen atoms in total. The molecule has 0 amide bonds. The van der Waals surface area contributed by atoms with Crippen LogP contribution >= 0.6 is 0 Å². The van der Waals surface area contributed by atoms with Gasteiger partial charge in [0.2, 0.25) is 0 Å². The van der Waals surface area contributed by atoms with Gasteiger partial charge in [-0.25, -0.2) is 0 Å². The zero-order valence-electron chi connectivity index (χ0n) is 18.9. The highest BCUT2D eigenvalue weighted by Gasteiger charge is 2.17. The Labute approximate surface area is 178 Å². The minimum absolute atomic E-state index is 0.188. The second-order valence-corrected chi connectivity index (χ2v) is 7.54. The Kier molecular flexibility index (Phi) is 7.58. The predicted molar refractivity (Wildman–Crippen MR) is 128 cm³/mol. The van der Waals surface area contributed by atoms with Gasteiger partial charge in [0.05, 0.1) is 22.6 Å². The third kappa shape index (κ3) is 5.17. The number of H-pyrrole nitrogens is 1. The van der Waals surface area contributed by atoms with Crippen molar-refractivity contribution in [1.82, 2.24) is 15.3 Å². The van der Waals surface area contributed by atoms with Crippen LogP contribution in [0.1, 0.15) is 38.8 Å². The lowest BCUT2D eigenvalue weighted by atomic mass is 10.0. The number of hydrogen-bond acceptors (Lipinski definition) is 6. The Morgan fingerprint density at radius 3 is 2.57 bits per heavy atom. The van der Waals surface area contributed by atoms with Crippen LogP contribution < -0.4 is 21.1 Å². The van der Waals surface area contributed by atoms with Crippen molar-refractivity contribution in [3.8, 4) is 0 Å². The second-order valence-electron chi connectivity index (χ2n) is 7.54. The Morgan fingerprint density at radius 1 is 1.30 bits per heavy atom. The van der Waals surface area contributed by atoms with Gasteiger partial charge in [0.25, 0.3) is 5.56 Å². The number of nitrogens with one attached hydrogen (secondary N) is 3. The molecule has 0 atom stereocenters. The molecule has 0 radical (unpaired) electrons. The lowest BCUT2D eigenvalue weighted by Gasteiger charge is -2.21. The number of aliphatic imine (C=N–C) groups is 1. The molecule has 2 rings (SSSR count). The SMILES string of the molecule is C=C(NC(C)C)c1cnccc1Nc1cc(C(=NC)/C(C)=C\C)c(=O)[nH]c1N(C)C. The van der Waals surface area contributed by atoms with Gasteiger partial charge in [-0.2, -0.15) is 0 Å². The van der Waals surface area contributed by atoms with E-state index in [1.54, 1.807) is 19.4 Å². The van der Waals surface area contributed by atoms with E-state index in [-0.39, 0.29) is 11.6 Å². The Hall–Kier alpha value is -3.35. The van der Waals surface area contributed by atoms with Crippen LogP contribution in [0.3, 0.4) is 0 Å². The van der Waals surface area contributed by atoms with E-state index < -0.39 is 0 Å². The predicted octanol–water partition coefficient (Wildman–Crippen LogP) is 3.93. The molecule has 160 valence electrons. The summed E-state index contributed by atoms with van der Waals surface area (Å²) in [5, 5.41) is 6.78. The number of pyridine rings is 2. The summed E-state index contributed by atoms with van der Waals surface area (Å²) in [6.07, 6.45) is 5.43. The molecule has 0 aliphatic rings. The van der Waals surface area contributed by atoms with Crippen LogP contribution in [0.25, 0.3) is 5.70 Å². The van der Waals surface area contributed by atoms with Gasteiger partial charge < -0.3 is 20.5 Å². The molecular weight excluding hydrogens is 376 g/mol. The molecule has 0 aliphatic carbocycles. The van der Waals surface area contributed by atoms with Crippen LogP contribution in [0.4, 0.5) is 17.2 Å². The summed E-state index contributed by atoms with van der Waals surface area (Å²) in [5.41, 5.74) is 5.14. The number of aromatic amines is 1. The highest BCUT2D eigenvalue weighted by atomic mass is 16.1. The lowest BCUT2D eigenvalue weighted by molar-refractivity contribution is 0.718. The van der Waals surface area contributed by atoms with Gasteiger partial charge in [-0.15, -0.1) is 0 Å². The second kappa shape index (κ2) is 9.91. The Balaban J connectivity index is 2.61. The Morgan fingerprint density at radius 2 is 2.00 bits per heavy atom. The highest BCUT2D eigenvalue weighted by molar-refractivity contribution is 6.12. The summed E-state index contributed by atoms with van der Waals surface area (Å²) < 4.78 is 0. The van der Waals surface area contributed by atoms with Gasteiger partial charge in [-0.05, 0) is 45.4 Å². The van der Waals surface area contributed by atoms with E-state index in [4.69, 9.17) is 0 Å². The van der Waals surface area contributed by atoms with Crippen LogP contribution in [-0.2, 0) is 0 Å². The normalized spacial score (nSPS) is 12.1. The summed E-state index contributed by atoms with van der Waals surface area (Å²) in [6, 6.07) is 3.97. The van der Waals surface area contributed by atoms with Crippen LogP contribution in [0.5, 0.6) is 0 Å². The molecule has 0 unspecified atom stereocenters. The Bertz CT molecular complexity index is 1030. The number of anilines is 3. The molecule has 2 heterocycles. The minimum atomic E-state index is -0.188. The summed E-state index contributed by atoms with van der Waals surface area (Å²) in [7, 11) is 5.46. The van der Waals surface area contributed by atoms with Crippen LogP contribution in [0.2, 0.25) is 0 Å². The molecule has 0 saturated heterocycles. The first-order valence-electron chi connectivity index (χ1n) is 9.91. The van der Waals surface area contributed by atoms with Crippen molar-refractivity contribution >= 4 is 28.6 Å². The lowest BCUT2D eigenvalue weighted by Crippen LogP contribution is -2.24. The molecule has 0 bridgehead atoms. The maximum absolute atomic E-state index is 12.8. The first-order valence-corrected chi connectivity index (χ1v) is 9.91. The minimum Gasteiger partial charge on any atom is -0.383 e. The standard InChI is InChI=1S/C23H32N6O/c1-9-15(4)21(24-6)17-12-20(22(29(7)8)28-23(17)30)27-19-10-11-25-13-18(19)16(5)26-14(2)3/h9-14,26H,5H2,1-4,6-8H3,(H,25,27)(H,28,30)/b15-9-,24-21?. The molecule has 30 heavy (non-hydrogen) atoms. The smallest absolute Gasteiger partial charge is 0.259 e. The fourth-order valence-electron chi connectivity index (χ4n) is 3.11. The average Bonchev–Trinajstić information content (AvgIpc) is 2.69. The van der Waals surface area contributed by atoms with Gasteiger partial charge >= 0.3 is 0 Å². The molecule has 0 fully saturated rings. The summed E-state index contributed by atoms with van der Waals surface area (Å²) >= 11 is 0. The van der Waals surface area contributed by atoms with E-state index >= 15 is 0 Å². The van der Waals surface area contributed by atoms with Crippen LogP contribution in [0, 0.1) is 0 Å². The molecule has 0 aromatic carbocycles. The van der Waals surface area contributed by atoms with Crippen molar-refractivity contribution in [3.05, 3.63) is 64.2 Å². The van der Waals surface area contributed by atoms with E-state index in [0.717, 1.165) is 28.2 Å². The van der Waals surface area contributed by atoms with Gasteiger partial charge in [0.1, 0.15) is 5.82 Å². The van der Waals surface area contributed by atoms with Crippen molar-refractivity contribution in [1.29, 1.82) is 0 Å². The van der Waals surface area contributed by atoms with Gasteiger partial charge in [-0.3, -0.25) is 14.8 Å². The van der Waals surface area contributed by atoms with Crippen LogP contribution in [-0.4, -0.2) is 42.9 Å². The van der Waals surface area contributed by atoms with E-state index in [1.165, 1.54) is 0 Å². The van der Waals surface area contributed by atoms with Crippen molar-refractivity contribution in [2.24, 2.45) is 4.99 Å². The highest BCUT2D eigenvalue weighted by Crippen LogP contribution is 2.29. The topological polar surface area (TPSA) is 85.4 Å². The van der Waals surface area contributed by atoms with E-state index in [2.05, 4.69) is 46.0 Å². The third-order valence-electron chi connectivity index (χ3n) is 4.63. The van der Waals surface area contributed by atoms with Gasteiger partial charge in [0.15, 0.2) is 0 Å². The van der Waals surface area contributed by atoms with E-state index in [0.29, 0.717) is 17.1 Å². The quantitative estimate of drug-likeness (QED) is 0.576. The van der Waals surface area contributed by atoms with Crippen LogP contribution in [0.15, 0.2) is 52.5 Å². The number of nitrogens with zero attached hydrogens (tertiary/aromatic N) is 3. The maximum Gasteiger partial charge on any atom is 0.259 e. The first-order chi connectivity index (χ1) is 14.2. The number of rotatable bonds is 8.